The van der Waals surface area contributed by atoms with Gasteiger partial charge in [0.25, 0.3) is 0 Å². The molecule has 0 bridgehead atoms. The predicted octanol–water partition coefficient (Wildman–Crippen LogP) is 1.52. The number of carbonyl (C=O) groups excluding carboxylic acids is 1. The second-order valence-corrected chi connectivity index (χ2v) is 4.37. The molecule has 1 aromatic heterocycles. The van der Waals surface area contributed by atoms with Gasteiger partial charge in [0.05, 0.1) is 6.61 Å². The number of rotatable bonds is 7. The number of carbonyl (C=O) groups is 1. The van der Waals surface area contributed by atoms with Crippen molar-refractivity contribution in [2.75, 3.05) is 30.9 Å². The molecule has 2 N–H and O–H groups in total. The van der Waals surface area contributed by atoms with E-state index < -0.39 is 0 Å². The fourth-order valence-electron chi connectivity index (χ4n) is 1.34. The van der Waals surface area contributed by atoms with E-state index in [1.807, 2.05) is 13.8 Å². The third-order valence-corrected chi connectivity index (χ3v) is 2.14. The van der Waals surface area contributed by atoms with Crippen LogP contribution >= 0.6 is 0 Å². The maximum atomic E-state index is 11.5. The first kappa shape index (κ1) is 14.4. The van der Waals surface area contributed by atoms with E-state index in [1.165, 1.54) is 0 Å². The van der Waals surface area contributed by atoms with Crippen molar-refractivity contribution < 1.29 is 9.53 Å². The number of hydrogen-bond acceptors (Lipinski definition) is 5. The van der Waals surface area contributed by atoms with Crippen LogP contribution in [0.25, 0.3) is 0 Å². The number of nitrogens with one attached hydrogen (secondary N) is 2. The van der Waals surface area contributed by atoms with Gasteiger partial charge in [-0.25, -0.2) is 0 Å². The second kappa shape index (κ2) is 7.60. The van der Waals surface area contributed by atoms with Crippen LogP contribution in [0.2, 0.25) is 0 Å². The predicted molar refractivity (Wildman–Crippen MR) is 70.5 cm³/mol. The van der Waals surface area contributed by atoms with E-state index in [0.29, 0.717) is 37.1 Å². The summed E-state index contributed by atoms with van der Waals surface area (Å²) in [5, 5.41) is 13.6. The van der Waals surface area contributed by atoms with Crippen molar-refractivity contribution in [3.05, 3.63) is 12.1 Å². The fraction of sp³-hybridized carbons (Fsp3) is 0.583. The lowest BCUT2D eigenvalue weighted by Crippen LogP contribution is -2.15. The summed E-state index contributed by atoms with van der Waals surface area (Å²) in [6, 6.07) is 3.49. The minimum atomic E-state index is -0.0422. The van der Waals surface area contributed by atoms with E-state index in [0.717, 1.165) is 0 Å². The number of anilines is 2. The smallest absolute Gasteiger partial charge is 0.225 e. The largest absolute Gasteiger partial charge is 0.383 e. The van der Waals surface area contributed by atoms with Gasteiger partial charge in [0.15, 0.2) is 5.82 Å². The first-order valence-electron chi connectivity index (χ1n) is 5.98. The molecule has 0 radical (unpaired) electrons. The zero-order chi connectivity index (χ0) is 13.4. The Morgan fingerprint density at radius 3 is 2.56 bits per heavy atom. The van der Waals surface area contributed by atoms with E-state index in [1.54, 1.807) is 19.2 Å². The van der Waals surface area contributed by atoms with Gasteiger partial charge in [0.1, 0.15) is 5.82 Å². The molecule has 1 aromatic rings. The van der Waals surface area contributed by atoms with Gasteiger partial charge >= 0.3 is 0 Å². The van der Waals surface area contributed by atoms with Crippen LogP contribution in [0.3, 0.4) is 0 Å². The van der Waals surface area contributed by atoms with E-state index in [9.17, 15) is 4.79 Å². The van der Waals surface area contributed by atoms with Crippen LogP contribution in [-0.4, -0.2) is 36.4 Å². The molecule has 0 aliphatic rings. The second-order valence-electron chi connectivity index (χ2n) is 4.37. The van der Waals surface area contributed by atoms with Crippen LogP contribution in [0.4, 0.5) is 11.6 Å². The maximum absolute atomic E-state index is 11.5. The summed E-state index contributed by atoms with van der Waals surface area (Å²) < 4.78 is 4.91. The first-order valence-corrected chi connectivity index (χ1v) is 5.98. The Labute approximate surface area is 107 Å². The molecule has 1 amide bonds. The zero-order valence-corrected chi connectivity index (χ0v) is 11.1. The Bertz CT molecular complexity index is 365. The van der Waals surface area contributed by atoms with Gasteiger partial charge in [-0.05, 0) is 18.1 Å². The molecule has 0 aliphatic heterocycles. The third kappa shape index (κ3) is 5.58. The Balaban J connectivity index is 2.42. The SMILES string of the molecule is COCCNc1ccc(NC(=O)CC(C)C)nn1. The standard InChI is InChI=1S/C12H20N4O2/c1-9(2)8-12(17)14-11-5-4-10(15-16-11)13-6-7-18-3/h4-5,9H,6-8H2,1-3H3,(H,13,15)(H,14,16,17). The summed E-state index contributed by atoms with van der Waals surface area (Å²) in [4.78, 5) is 11.5. The van der Waals surface area contributed by atoms with Gasteiger partial charge in [-0.1, -0.05) is 13.8 Å². The molecule has 1 rings (SSSR count). The van der Waals surface area contributed by atoms with Crippen molar-refractivity contribution in [3.8, 4) is 0 Å². The zero-order valence-electron chi connectivity index (χ0n) is 11.1. The number of methoxy groups -OCH3 is 1. The van der Waals surface area contributed by atoms with Crippen molar-refractivity contribution in [2.24, 2.45) is 5.92 Å². The number of nitrogens with zero attached hydrogens (tertiary/aromatic N) is 2. The van der Waals surface area contributed by atoms with Crippen LogP contribution in [0.1, 0.15) is 20.3 Å². The summed E-state index contributed by atoms with van der Waals surface area (Å²) in [6.45, 7) is 5.26. The van der Waals surface area contributed by atoms with Crippen molar-refractivity contribution >= 4 is 17.5 Å². The Hall–Kier alpha value is -1.69. The van der Waals surface area contributed by atoms with Crippen molar-refractivity contribution in [1.82, 2.24) is 10.2 Å². The van der Waals surface area contributed by atoms with Gasteiger partial charge in [-0.3, -0.25) is 4.79 Å². The molecule has 0 saturated heterocycles. The highest BCUT2D eigenvalue weighted by Gasteiger charge is 2.06. The molecule has 0 fully saturated rings. The highest BCUT2D eigenvalue weighted by Crippen LogP contribution is 2.07. The van der Waals surface area contributed by atoms with Gasteiger partial charge in [-0.15, -0.1) is 10.2 Å². The molecule has 100 valence electrons. The van der Waals surface area contributed by atoms with Crippen molar-refractivity contribution in [3.63, 3.8) is 0 Å². The van der Waals surface area contributed by atoms with Crippen LogP contribution in [0.5, 0.6) is 0 Å². The van der Waals surface area contributed by atoms with Gasteiger partial charge in [0, 0.05) is 20.1 Å². The van der Waals surface area contributed by atoms with Crippen LogP contribution in [0.15, 0.2) is 12.1 Å². The first-order chi connectivity index (χ1) is 8.61. The monoisotopic (exact) mass is 252 g/mol. The molecule has 0 unspecified atom stereocenters. The lowest BCUT2D eigenvalue weighted by atomic mass is 10.1. The van der Waals surface area contributed by atoms with E-state index in [2.05, 4.69) is 20.8 Å². The van der Waals surface area contributed by atoms with Crippen molar-refractivity contribution in [2.45, 2.75) is 20.3 Å². The van der Waals surface area contributed by atoms with E-state index >= 15 is 0 Å². The molecule has 1 heterocycles. The molecule has 0 aliphatic carbocycles. The molecular formula is C12H20N4O2. The molecule has 6 heteroatoms. The molecule has 0 spiro atoms. The Morgan fingerprint density at radius 2 is 2.00 bits per heavy atom. The van der Waals surface area contributed by atoms with Crippen LogP contribution in [-0.2, 0) is 9.53 Å². The average molecular weight is 252 g/mol. The fourth-order valence-corrected chi connectivity index (χ4v) is 1.34. The molecular weight excluding hydrogens is 232 g/mol. The van der Waals surface area contributed by atoms with Gasteiger partial charge < -0.3 is 15.4 Å². The minimum Gasteiger partial charge on any atom is -0.383 e. The van der Waals surface area contributed by atoms with Crippen molar-refractivity contribution in [1.29, 1.82) is 0 Å². The number of ether oxygens (including phenoxy) is 1. The number of aromatic nitrogens is 2. The van der Waals surface area contributed by atoms with Crippen LogP contribution in [0, 0.1) is 5.92 Å². The van der Waals surface area contributed by atoms with E-state index in [-0.39, 0.29) is 5.91 Å². The van der Waals surface area contributed by atoms with E-state index in [4.69, 9.17) is 4.74 Å². The molecule has 0 atom stereocenters. The maximum Gasteiger partial charge on any atom is 0.225 e. The number of amides is 1. The highest BCUT2D eigenvalue weighted by atomic mass is 16.5. The summed E-state index contributed by atoms with van der Waals surface area (Å²) in [5.41, 5.74) is 0. The highest BCUT2D eigenvalue weighted by molar-refractivity contribution is 5.89. The number of hydrogen-bond donors (Lipinski definition) is 2. The third-order valence-electron chi connectivity index (χ3n) is 2.14. The molecule has 18 heavy (non-hydrogen) atoms. The summed E-state index contributed by atoms with van der Waals surface area (Å²) in [5.74, 6) is 1.42. The lowest BCUT2D eigenvalue weighted by Gasteiger charge is -2.07. The summed E-state index contributed by atoms with van der Waals surface area (Å²) >= 11 is 0. The molecule has 0 saturated carbocycles. The average Bonchev–Trinajstić information content (AvgIpc) is 2.30. The van der Waals surface area contributed by atoms with Crippen LogP contribution < -0.4 is 10.6 Å². The summed E-state index contributed by atoms with van der Waals surface area (Å²) in [7, 11) is 1.64. The Morgan fingerprint density at radius 1 is 1.33 bits per heavy atom. The van der Waals surface area contributed by atoms with Gasteiger partial charge in [0.2, 0.25) is 5.91 Å². The topological polar surface area (TPSA) is 76.1 Å². The Kier molecular flexibility index (Phi) is 6.07. The molecule has 0 aromatic carbocycles. The molecule has 6 nitrogen and oxygen atoms in total. The minimum absolute atomic E-state index is 0.0422. The lowest BCUT2D eigenvalue weighted by molar-refractivity contribution is -0.116. The quantitative estimate of drug-likeness (QED) is 0.719. The summed E-state index contributed by atoms with van der Waals surface area (Å²) in [6.07, 6.45) is 0.482. The normalized spacial score (nSPS) is 10.4. The van der Waals surface area contributed by atoms with Gasteiger partial charge in [-0.2, -0.15) is 0 Å².